The second-order valence-corrected chi connectivity index (χ2v) is 6.62. The van der Waals surface area contributed by atoms with Crippen LogP contribution in [-0.2, 0) is 22.5 Å². The van der Waals surface area contributed by atoms with Crippen molar-refractivity contribution < 1.29 is 23.8 Å². The van der Waals surface area contributed by atoms with Crippen LogP contribution in [0.3, 0.4) is 0 Å². The molecule has 3 rings (SSSR count). The van der Waals surface area contributed by atoms with E-state index in [1.165, 1.54) is 12.7 Å². The first-order chi connectivity index (χ1) is 13.5. The summed E-state index contributed by atoms with van der Waals surface area (Å²) in [6, 6.07) is 12.9. The van der Waals surface area contributed by atoms with Crippen molar-refractivity contribution in [1.82, 2.24) is 4.90 Å². The fourth-order valence-electron chi connectivity index (χ4n) is 3.29. The first-order valence-electron chi connectivity index (χ1n) is 9.40. The van der Waals surface area contributed by atoms with Gasteiger partial charge in [0, 0.05) is 13.1 Å². The van der Waals surface area contributed by atoms with Gasteiger partial charge in [0.1, 0.15) is 0 Å². The SMILES string of the molecule is CCOc1ccc(C(=O)O[C@@H](C)C(=O)N2CCc3ccccc3C2)cc1OC. The van der Waals surface area contributed by atoms with Gasteiger partial charge in [-0.2, -0.15) is 0 Å². The van der Waals surface area contributed by atoms with Gasteiger partial charge in [-0.25, -0.2) is 4.79 Å². The Kier molecular flexibility index (Phi) is 6.19. The van der Waals surface area contributed by atoms with E-state index >= 15 is 0 Å². The van der Waals surface area contributed by atoms with Crippen molar-refractivity contribution in [2.75, 3.05) is 20.3 Å². The predicted molar refractivity (Wildman–Crippen MR) is 105 cm³/mol. The zero-order valence-corrected chi connectivity index (χ0v) is 16.4. The molecule has 0 N–H and O–H groups in total. The van der Waals surface area contributed by atoms with Crippen molar-refractivity contribution in [1.29, 1.82) is 0 Å². The lowest BCUT2D eigenvalue weighted by molar-refractivity contribution is -0.140. The third kappa shape index (κ3) is 4.27. The number of nitrogens with zero attached hydrogens (tertiary/aromatic N) is 1. The van der Waals surface area contributed by atoms with Crippen LogP contribution in [0.2, 0.25) is 0 Å². The normalized spacial score (nSPS) is 14.0. The largest absolute Gasteiger partial charge is 0.493 e. The molecule has 28 heavy (non-hydrogen) atoms. The zero-order valence-electron chi connectivity index (χ0n) is 16.4. The molecule has 0 aliphatic carbocycles. The third-order valence-electron chi connectivity index (χ3n) is 4.77. The van der Waals surface area contributed by atoms with E-state index in [0.717, 1.165) is 12.0 Å². The summed E-state index contributed by atoms with van der Waals surface area (Å²) in [7, 11) is 1.51. The molecule has 1 heterocycles. The second kappa shape index (κ2) is 8.78. The van der Waals surface area contributed by atoms with Crippen molar-refractivity contribution >= 4 is 11.9 Å². The Balaban J connectivity index is 1.65. The molecule has 1 atom stereocenters. The maximum Gasteiger partial charge on any atom is 0.339 e. The van der Waals surface area contributed by atoms with Crippen molar-refractivity contribution in [3.05, 3.63) is 59.2 Å². The van der Waals surface area contributed by atoms with Crippen LogP contribution in [0.5, 0.6) is 11.5 Å². The summed E-state index contributed by atoms with van der Waals surface area (Å²) in [6.45, 7) is 5.12. The van der Waals surface area contributed by atoms with Crippen LogP contribution < -0.4 is 9.47 Å². The summed E-state index contributed by atoms with van der Waals surface area (Å²) in [5, 5.41) is 0. The van der Waals surface area contributed by atoms with Crippen LogP contribution in [0.4, 0.5) is 0 Å². The average Bonchev–Trinajstić information content (AvgIpc) is 2.73. The number of amides is 1. The van der Waals surface area contributed by atoms with E-state index in [1.807, 2.05) is 25.1 Å². The number of rotatable bonds is 6. The number of carbonyl (C=O) groups is 2. The fraction of sp³-hybridized carbons (Fsp3) is 0.364. The zero-order chi connectivity index (χ0) is 20.1. The van der Waals surface area contributed by atoms with E-state index in [4.69, 9.17) is 14.2 Å². The quantitative estimate of drug-likeness (QED) is 0.717. The van der Waals surface area contributed by atoms with Crippen LogP contribution in [0.15, 0.2) is 42.5 Å². The number of esters is 1. The molecule has 0 saturated carbocycles. The molecule has 0 aromatic heterocycles. The number of fused-ring (bicyclic) bond motifs is 1. The molecule has 0 bridgehead atoms. The highest BCUT2D eigenvalue weighted by Crippen LogP contribution is 2.28. The Bertz CT molecular complexity index is 864. The molecule has 0 spiro atoms. The molecule has 0 fully saturated rings. The minimum absolute atomic E-state index is 0.194. The van der Waals surface area contributed by atoms with Crippen LogP contribution >= 0.6 is 0 Å². The molecule has 2 aromatic carbocycles. The lowest BCUT2D eigenvalue weighted by atomic mass is 9.99. The fourth-order valence-corrected chi connectivity index (χ4v) is 3.29. The van der Waals surface area contributed by atoms with Gasteiger partial charge in [0.15, 0.2) is 17.6 Å². The highest BCUT2D eigenvalue weighted by molar-refractivity contribution is 5.93. The number of hydrogen-bond acceptors (Lipinski definition) is 5. The Labute approximate surface area is 165 Å². The van der Waals surface area contributed by atoms with Gasteiger partial charge in [-0.15, -0.1) is 0 Å². The van der Waals surface area contributed by atoms with Crippen molar-refractivity contribution in [3.63, 3.8) is 0 Å². The maximum atomic E-state index is 12.7. The molecule has 0 unspecified atom stereocenters. The Morgan fingerprint density at radius 2 is 1.86 bits per heavy atom. The smallest absolute Gasteiger partial charge is 0.339 e. The number of hydrogen-bond donors (Lipinski definition) is 0. The van der Waals surface area contributed by atoms with E-state index in [-0.39, 0.29) is 5.91 Å². The number of methoxy groups -OCH3 is 1. The van der Waals surface area contributed by atoms with Gasteiger partial charge in [-0.1, -0.05) is 24.3 Å². The van der Waals surface area contributed by atoms with E-state index in [2.05, 4.69) is 6.07 Å². The molecule has 1 aliphatic heterocycles. The summed E-state index contributed by atoms with van der Waals surface area (Å²) in [4.78, 5) is 27.0. The Hall–Kier alpha value is -3.02. The molecule has 1 amide bonds. The number of benzene rings is 2. The van der Waals surface area contributed by atoms with Crippen molar-refractivity contribution in [2.24, 2.45) is 0 Å². The molecule has 2 aromatic rings. The summed E-state index contributed by atoms with van der Waals surface area (Å²) in [5.41, 5.74) is 2.71. The van der Waals surface area contributed by atoms with Gasteiger partial charge in [0.2, 0.25) is 0 Å². The lowest BCUT2D eigenvalue weighted by Crippen LogP contribution is -2.42. The topological polar surface area (TPSA) is 65.1 Å². The first-order valence-corrected chi connectivity index (χ1v) is 9.40. The van der Waals surface area contributed by atoms with Gasteiger partial charge >= 0.3 is 5.97 Å². The highest BCUT2D eigenvalue weighted by Gasteiger charge is 2.27. The van der Waals surface area contributed by atoms with Gasteiger partial charge in [-0.05, 0) is 49.6 Å². The van der Waals surface area contributed by atoms with E-state index in [0.29, 0.717) is 36.8 Å². The molecule has 0 radical (unpaired) electrons. The molecule has 6 heteroatoms. The summed E-state index contributed by atoms with van der Waals surface area (Å²) >= 11 is 0. The molecule has 0 saturated heterocycles. The second-order valence-electron chi connectivity index (χ2n) is 6.62. The Morgan fingerprint density at radius 1 is 1.11 bits per heavy atom. The molecular formula is C22H25NO5. The van der Waals surface area contributed by atoms with Crippen molar-refractivity contribution in [2.45, 2.75) is 32.9 Å². The molecular weight excluding hydrogens is 358 g/mol. The third-order valence-corrected chi connectivity index (χ3v) is 4.77. The van der Waals surface area contributed by atoms with Crippen LogP contribution in [0.25, 0.3) is 0 Å². The van der Waals surface area contributed by atoms with E-state index in [1.54, 1.807) is 30.0 Å². The summed E-state index contributed by atoms with van der Waals surface area (Å²) in [5.74, 6) is 0.237. The van der Waals surface area contributed by atoms with Gasteiger partial charge in [0.05, 0.1) is 19.3 Å². The van der Waals surface area contributed by atoms with Crippen molar-refractivity contribution in [3.8, 4) is 11.5 Å². The van der Waals surface area contributed by atoms with Gasteiger partial charge in [-0.3, -0.25) is 4.79 Å². The average molecular weight is 383 g/mol. The number of carbonyl (C=O) groups excluding carboxylic acids is 2. The molecule has 6 nitrogen and oxygen atoms in total. The van der Waals surface area contributed by atoms with Gasteiger partial charge in [0.25, 0.3) is 5.91 Å². The van der Waals surface area contributed by atoms with E-state index < -0.39 is 12.1 Å². The Morgan fingerprint density at radius 3 is 2.57 bits per heavy atom. The highest BCUT2D eigenvalue weighted by atomic mass is 16.5. The molecule has 1 aliphatic rings. The lowest BCUT2D eigenvalue weighted by Gasteiger charge is -2.30. The molecule has 148 valence electrons. The van der Waals surface area contributed by atoms with E-state index in [9.17, 15) is 9.59 Å². The summed E-state index contributed by atoms with van der Waals surface area (Å²) in [6.07, 6.45) is -0.0612. The standard InChI is InChI=1S/C22H25NO5/c1-4-27-19-10-9-17(13-20(19)26-3)22(25)28-15(2)21(24)23-12-11-16-7-5-6-8-18(16)14-23/h5-10,13,15H,4,11-12,14H2,1-3H3/t15-/m0/s1. The van der Waals surface area contributed by atoms with Crippen LogP contribution in [-0.4, -0.2) is 43.1 Å². The maximum absolute atomic E-state index is 12.7. The van der Waals surface area contributed by atoms with Crippen LogP contribution in [0.1, 0.15) is 35.3 Å². The predicted octanol–water partition coefficient (Wildman–Crippen LogP) is 3.22. The summed E-state index contributed by atoms with van der Waals surface area (Å²) < 4.78 is 16.1. The van der Waals surface area contributed by atoms with Crippen LogP contribution in [0, 0.1) is 0 Å². The first kappa shape index (κ1) is 19.7. The van der Waals surface area contributed by atoms with Gasteiger partial charge < -0.3 is 19.1 Å². The minimum atomic E-state index is -0.865. The number of ether oxygens (including phenoxy) is 3. The minimum Gasteiger partial charge on any atom is -0.493 e. The monoisotopic (exact) mass is 383 g/mol.